The Kier molecular flexibility index (Phi) is 3.90. The molecule has 0 radical (unpaired) electrons. The maximum absolute atomic E-state index is 13.4. The minimum atomic E-state index is -1.56. The summed E-state index contributed by atoms with van der Waals surface area (Å²) >= 11 is 3.28. The highest BCUT2D eigenvalue weighted by molar-refractivity contribution is 9.10. The predicted molar refractivity (Wildman–Crippen MR) is 69.9 cm³/mol. The summed E-state index contributed by atoms with van der Waals surface area (Å²) < 4.78 is 26.6. The average molecular weight is 324 g/mol. The predicted octanol–water partition coefficient (Wildman–Crippen LogP) is 3.63. The van der Waals surface area contributed by atoms with Crippen LogP contribution in [0.3, 0.4) is 0 Å². The van der Waals surface area contributed by atoms with E-state index in [1.807, 2.05) is 0 Å². The fourth-order valence-electron chi connectivity index (χ4n) is 1.45. The highest BCUT2D eigenvalue weighted by atomic mass is 79.9. The topological polar surface area (TPSA) is 40.9 Å². The van der Waals surface area contributed by atoms with Crippen molar-refractivity contribution in [1.29, 1.82) is 5.26 Å². The van der Waals surface area contributed by atoms with E-state index in [0.717, 1.165) is 4.47 Å². The third kappa shape index (κ3) is 2.50. The Morgan fingerprint density at radius 1 is 1.17 bits per heavy atom. The van der Waals surface area contributed by atoms with Gasteiger partial charge in [0.1, 0.15) is 17.4 Å². The van der Waals surface area contributed by atoms with Crippen molar-refractivity contribution in [3.05, 3.63) is 58.3 Å². The highest BCUT2D eigenvalue weighted by Crippen LogP contribution is 2.23. The van der Waals surface area contributed by atoms with Gasteiger partial charge in [0.2, 0.25) is 0 Å². The van der Waals surface area contributed by atoms with E-state index >= 15 is 0 Å². The third-order valence-corrected chi connectivity index (χ3v) is 4.28. The molecule has 5 heteroatoms. The van der Waals surface area contributed by atoms with E-state index in [1.54, 1.807) is 30.3 Å². The van der Waals surface area contributed by atoms with Gasteiger partial charge in [-0.1, -0.05) is 22.0 Å². The van der Waals surface area contributed by atoms with Crippen LogP contribution in [0.2, 0.25) is 0 Å². The number of rotatable bonds is 2. The fraction of sp³-hybridized carbons (Fsp3) is 0. The number of hydrogen-bond acceptors (Lipinski definition) is 2. The molecule has 0 aliphatic carbocycles. The van der Waals surface area contributed by atoms with Crippen molar-refractivity contribution in [2.75, 3.05) is 0 Å². The first kappa shape index (κ1) is 12.9. The largest absolute Gasteiger partial charge is 0.249 e. The molecule has 0 saturated carbocycles. The number of nitrogens with zero attached hydrogens (tertiary/aromatic N) is 1. The zero-order valence-electron chi connectivity index (χ0n) is 9.06. The van der Waals surface area contributed by atoms with Gasteiger partial charge in [0, 0.05) is 9.37 Å². The summed E-state index contributed by atoms with van der Waals surface area (Å²) in [5, 5.41) is 8.91. The number of nitriles is 1. The molecule has 0 aliphatic heterocycles. The van der Waals surface area contributed by atoms with Gasteiger partial charge in [0.25, 0.3) is 0 Å². The second-order valence-corrected chi connectivity index (χ2v) is 5.81. The first-order chi connectivity index (χ1) is 8.63. The molecule has 1 atom stereocenters. The summed E-state index contributed by atoms with van der Waals surface area (Å²) in [5.41, 5.74) is -0.168. The molecule has 0 heterocycles. The smallest absolute Gasteiger partial charge is 0.142 e. The molecule has 2 aromatic rings. The first-order valence-electron chi connectivity index (χ1n) is 4.99. The van der Waals surface area contributed by atoms with E-state index in [0.29, 0.717) is 4.90 Å². The van der Waals surface area contributed by atoms with Crippen molar-refractivity contribution in [3.8, 4) is 6.07 Å². The van der Waals surface area contributed by atoms with Gasteiger partial charge in [-0.15, -0.1) is 0 Å². The van der Waals surface area contributed by atoms with Gasteiger partial charge in [-0.3, -0.25) is 0 Å². The summed E-state index contributed by atoms with van der Waals surface area (Å²) in [6, 6.07) is 12.7. The molecule has 18 heavy (non-hydrogen) atoms. The number of benzene rings is 2. The van der Waals surface area contributed by atoms with Crippen LogP contribution in [0.25, 0.3) is 0 Å². The Bertz CT molecular complexity index is 649. The van der Waals surface area contributed by atoms with Crippen LogP contribution < -0.4 is 0 Å². The highest BCUT2D eigenvalue weighted by Gasteiger charge is 2.15. The SMILES string of the molecule is N#Cc1c(F)cccc1S(=O)c1ccc(Br)cc1. The number of hydrogen-bond donors (Lipinski definition) is 0. The van der Waals surface area contributed by atoms with E-state index in [4.69, 9.17) is 5.26 Å². The van der Waals surface area contributed by atoms with Gasteiger partial charge in [-0.2, -0.15) is 5.26 Å². The molecular weight excluding hydrogens is 317 g/mol. The lowest BCUT2D eigenvalue weighted by Gasteiger charge is -2.05. The van der Waals surface area contributed by atoms with Gasteiger partial charge in [-0.05, 0) is 36.4 Å². The Hall–Kier alpha value is -1.51. The molecule has 1 unspecified atom stereocenters. The summed E-state index contributed by atoms with van der Waals surface area (Å²) in [7, 11) is -1.56. The van der Waals surface area contributed by atoms with E-state index < -0.39 is 16.6 Å². The van der Waals surface area contributed by atoms with Crippen LogP contribution in [0.15, 0.2) is 56.7 Å². The third-order valence-electron chi connectivity index (χ3n) is 2.31. The Balaban J connectivity index is 2.50. The van der Waals surface area contributed by atoms with Crippen molar-refractivity contribution in [2.24, 2.45) is 0 Å². The maximum Gasteiger partial charge on any atom is 0.142 e. The van der Waals surface area contributed by atoms with Crippen molar-refractivity contribution in [2.45, 2.75) is 9.79 Å². The summed E-state index contributed by atoms with van der Waals surface area (Å²) in [4.78, 5) is 0.722. The number of halogens is 2. The van der Waals surface area contributed by atoms with E-state index in [9.17, 15) is 8.60 Å². The molecule has 0 fully saturated rings. The maximum atomic E-state index is 13.4. The molecule has 0 amide bonds. The van der Waals surface area contributed by atoms with Gasteiger partial charge in [0.15, 0.2) is 0 Å². The zero-order chi connectivity index (χ0) is 13.1. The Morgan fingerprint density at radius 3 is 2.44 bits per heavy atom. The lowest BCUT2D eigenvalue weighted by molar-refractivity contribution is 0.618. The molecule has 0 spiro atoms. The van der Waals surface area contributed by atoms with Gasteiger partial charge < -0.3 is 0 Å². The lowest BCUT2D eigenvalue weighted by atomic mass is 10.2. The normalized spacial score (nSPS) is 11.8. The van der Waals surface area contributed by atoms with Crippen LogP contribution in [0, 0.1) is 17.1 Å². The minimum Gasteiger partial charge on any atom is -0.249 e. The monoisotopic (exact) mass is 323 g/mol. The molecular formula is C13H7BrFNOS. The molecule has 2 aromatic carbocycles. The lowest BCUT2D eigenvalue weighted by Crippen LogP contribution is -1.98. The van der Waals surface area contributed by atoms with Gasteiger partial charge >= 0.3 is 0 Å². The molecule has 0 aliphatic rings. The summed E-state index contributed by atoms with van der Waals surface area (Å²) in [5.74, 6) is -0.652. The van der Waals surface area contributed by atoms with Crippen LogP contribution >= 0.6 is 15.9 Å². The molecule has 2 rings (SSSR count). The summed E-state index contributed by atoms with van der Waals surface area (Å²) in [6.45, 7) is 0. The molecule has 0 N–H and O–H groups in total. The van der Waals surface area contributed by atoms with Crippen LogP contribution in [0.1, 0.15) is 5.56 Å². The summed E-state index contributed by atoms with van der Waals surface area (Å²) in [6.07, 6.45) is 0. The van der Waals surface area contributed by atoms with E-state index in [2.05, 4.69) is 15.9 Å². The molecule has 2 nitrogen and oxygen atoms in total. The molecule has 0 bridgehead atoms. The van der Waals surface area contributed by atoms with Gasteiger partial charge in [-0.25, -0.2) is 8.60 Å². The minimum absolute atomic E-state index is 0.168. The first-order valence-corrected chi connectivity index (χ1v) is 6.93. The van der Waals surface area contributed by atoms with E-state index in [1.165, 1.54) is 18.2 Å². The van der Waals surface area contributed by atoms with Gasteiger partial charge in [0.05, 0.1) is 15.7 Å². The Morgan fingerprint density at radius 2 is 1.83 bits per heavy atom. The standard InChI is InChI=1S/C13H7BrFNOS/c14-9-4-6-10(7-5-9)18(17)13-3-1-2-12(15)11(13)8-16/h1-7H. The van der Waals surface area contributed by atoms with Crippen LogP contribution in [-0.4, -0.2) is 4.21 Å². The Labute approximate surface area is 115 Å². The zero-order valence-corrected chi connectivity index (χ0v) is 11.5. The second-order valence-electron chi connectivity index (χ2n) is 3.45. The molecule has 0 saturated heterocycles. The molecule has 90 valence electrons. The second kappa shape index (κ2) is 5.42. The molecule has 0 aromatic heterocycles. The van der Waals surface area contributed by atoms with Crippen molar-refractivity contribution >= 4 is 26.7 Å². The van der Waals surface area contributed by atoms with Crippen LogP contribution in [0.4, 0.5) is 4.39 Å². The van der Waals surface area contributed by atoms with Crippen LogP contribution in [0.5, 0.6) is 0 Å². The average Bonchev–Trinajstić information content (AvgIpc) is 2.38. The van der Waals surface area contributed by atoms with Crippen LogP contribution in [-0.2, 0) is 10.8 Å². The van der Waals surface area contributed by atoms with Crippen molar-refractivity contribution in [1.82, 2.24) is 0 Å². The quantitative estimate of drug-likeness (QED) is 0.846. The van der Waals surface area contributed by atoms with Crippen molar-refractivity contribution in [3.63, 3.8) is 0 Å². The fourth-order valence-corrected chi connectivity index (χ4v) is 2.88. The van der Waals surface area contributed by atoms with Crippen molar-refractivity contribution < 1.29 is 8.60 Å². The van der Waals surface area contributed by atoms with E-state index in [-0.39, 0.29) is 10.5 Å².